The highest BCUT2D eigenvalue weighted by Gasteiger charge is 2.23. The van der Waals surface area contributed by atoms with Gasteiger partial charge in [-0.15, -0.1) is 0 Å². The monoisotopic (exact) mass is 482 g/mol. The number of nitrogens with zero attached hydrogens (tertiary/aromatic N) is 1. The molecule has 176 valence electrons. The smallest absolute Gasteiger partial charge is 0.243 e. The maximum absolute atomic E-state index is 12.9. The van der Waals surface area contributed by atoms with Crippen LogP contribution < -0.4 is 16.0 Å². The fraction of sp³-hybridized carbons (Fsp3) is 0.381. The topological polar surface area (TPSA) is 125 Å². The first kappa shape index (κ1) is 25.6. The van der Waals surface area contributed by atoms with Gasteiger partial charge in [0, 0.05) is 25.9 Å². The molecule has 2 rings (SSSR count). The van der Waals surface area contributed by atoms with E-state index in [1.807, 2.05) is 6.92 Å². The van der Waals surface area contributed by atoms with E-state index < -0.39 is 25.8 Å². The number of sulfonamides is 1. The first-order chi connectivity index (χ1) is 15.0. The molecule has 0 bridgehead atoms. The Bertz CT molecular complexity index is 1160. The Kier molecular flexibility index (Phi) is 8.65. The van der Waals surface area contributed by atoms with Crippen molar-refractivity contribution in [2.75, 3.05) is 48.4 Å². The predicted octanol–water partition coefficient (Wildman–Crippen LogP) is 2.60. The third-order valence-electron chi connectivity index (χ3n) is 4.70. The molecule has 32 heavy (non-hydrogen) atoms. The van der Waals surface area contributed by atoms with Crippen LogP contribution in [0.25, 0.3) is 0 Å². The minimum absolute atomic E-state index is 0.0222. The van der Waals surface area contributed by atoms with Crippen molar-refractivity contribution >= 4 is 42.8 Å². The lowest BCUT2D eigenvalue weighted by Crippen LogP contribution is -2.30. The van der Waals surface area contributed by atoms with E-state index in [-0.39, 0.29) is 22.0 Å². The predicted molar refractivity (Wildman–Crippen MR) is 127 cm³/mol. The lowest BCUT2D eigenvalue weighted by atomic mass is 10.2. The molecule has 0 aliphatic heterocycles. The average molecular weight is 483 g/mol. The van der Waals surface area contributed by atoms with E-state index in [1.165, 1.54) is 28.6 Å². The highest BCUT2D eigenvalue weighted by molar-refractivity contribution is 7.91. The van der Waals surface area contributed by atoms with Crippen LogP contribution >= 0.6 is 0 Å². The molecule has 0 aromatic heterocycles. The molecule has 1 amide bonds. The zero-order chi connectivity index (χ0) is 23.9. The Hall–Kier alpha value is -2.63. The Balaban J connectivity index is 2.26. The van der Waals surface area contributed by atoms with Gasteiger partial charge in [0.2, 0.25) is 15.9 Å². The largest absolute Gasteiger partial charge is 0.384 e. The molecule has 0 atom stereocenters. The number of hydrogen-bond acceptors (Lipinski definition) is 7. The van der Waals surface area contributed by atoms with Crippen molar-refractivity contribution < 1.29 is 21.6 Å². The zero-order valence-electron chi connectivity index (χ0n) is 18.7. The van der Waals surface area contributed by atoms with Crippen LogP contribution in [0.1, 0.15) is 20.8 Å². The minimum atomic E-state index is -3.67. The lowest BCUT2D eigenvalue weighted by Gasteiger charge is -2.20. The number of para-hydroxylation sites is 1. The van der Waals surface area contributed by atoms with Gasteiger partial charge in [-0.2, -0.15) is 4.31 Å². The number of benzene rings is 2. The second-order valence-corrected chi connectivity index (χ2v) is 10.9. The average Bonchev–Trinajstić information content (AvgIpc) is 2.73. The normalized spacial score (nSPS) is 11.9. The van der Waals surface area contributed by atoms with Crippen LogP contribution in [0.5, 0.6) is 0 Å². The maximum atomic E-state index is 12.9. The number of hydrogen-bond donors (Lipinski definition) is 3. The highest BCUT2D eigenvalue weighted by atomic mass is 32.2. The van der Waals surface area contributed by atoms with E-state index in [1.54, 1.807) is 32.0 Å². The van der Waals surface area contributed by atoms with Crippen molar-refractivity contribution in [1.29, 1.82) is 0 Å². The summed E-state index contributed by atoms with van der Waals surface area (Å²) < 4.78 is 51.0. The number of nitrogens with one attached hydrogen (secondary N) is 3. The van der Waals surface area contributed by atoms with Gasteiger partial charge in [-0.1, -0.05) is 26.0 Å². The van der Waals surface area contributed by atoms with Crippen LogP contribution in [-0.2, 0) is 24.7 Å². The summed E-state index contributed by atoms with van der Waals surface area (Å²) in [6.45, 7) is 6.55. The molecule has 0 unspecified atom stereocenters. The first-order valence-corrected chi connectivity index (χ1v) is 13.6. The molecular formula is C21H30N4O5S2. The quantitative estimate of drug-likeness (QED) is 0.450. The molecule has 0 heterocycles. The van der Waals surface area contributed by atoms with Gasteiger partial charge in [0.15, 0.2) is 9.84 Å². The summed E-state index contributed by atoms with van der Waals surface area (Å²) in [6.07, 6.45) is 1.07. The summed E-state index contributed by atoms with van der Waals surface area (Å²) in [4.78, 5) is 12.6. The van der Waals surface area contributed by atoms with E-state index in [0.29, 0.717) is 31.0 Å². The minimum Gasteiger partial charge on any atom is -0.384 e. The number of carbonyl (C=O) groups is 1. The van der Waals surface area contributed by atoms with Crippen molar-refractivity contribution in [2.24, 2.45) is 0 Å². The fourth-order valence-corrected chi connectivity index (χ4v) is 5.48. The first-order valence-electron chi connectivity index (χ1n) is 10.2. The van der Waals surface area contributed by atoms with Crippen LogP contribution in [0.4, 0.5) is 17.1 Å². The van der Waals surface area contributed by atoms with Gasteiger partial charge < -0.3 is 16.0 Å². The van der Waals surface area contributed by atoms with Crippen LogP contribution in [0.3, 0.4) is 0 Å². The van der Waals surface area contributed by atoms with Crippen LogP contribution in [0.15, 0.2) is 52.3 Å². The number of sulfone groups is 1. The van der Waals surface area contributed by atoms with E-state index in [9.17, 15) is 21.6 Å². The number of anilines is 3. The second kappa shape index (κ2) is 10.8. The van der Waals surface area contributed by atoms with E-state index in [2.05, 4.69) is 16.0 Å². The molecule has 3 N–H and O–H groups in total. The van der Waals surface area contributed by atoms with Crippen LogP contribution in [0, 0.1) is 0 Å². The molecule has 0 fully saturated rings. The summed E-state index contributed by atoms with van der Waals surface area (Å²) in [7, 11) is -7.18. The molecule has 0 radical (unpaired) electrons. The Labute approximate surface area is 190 Å². The summed E-state index contributed by atoms with van der Waals surface area (Å²) in [5, 5.41) is 8.68. The van der Waals surface area contributed by atoms with Crippen LogP contribution in [0.2, 0.25) is 0 Å². The molecule has 9 nitrogen and oxygen atoms in total. The van der Waals surface area contributed by atoms with Crippen molar-refractivity contribution in [3.8, 4) is 0 Å². The molecule has 2 aromatic rings. The molecule has 0 saturated carbocycles. The van der Waals surface area contributed by atoms with Crippen molar-refractivity contribution in [3.05, 3.63) is 42.5 Å². The molecule has 0 aliphatic rings. The second-order valence-electron chi connectivity index (χ2n) is 7.00. The molecule has 0 saturated heterocycles. The summed E-state index contributed by atoms with van der Waals surface area (Å²) in [5.74, 6) is -0.472. The van der Waals surface area contributed by atoms with Crippen LogP contribution in [-0.4, -0.2) is 59.5 Å². The third-order valence-corrected chi connectivity index (χ3v) is 7.90. The van der Waals surface area contributed by atoms with Gasteiger partial charge in [0.1, 0.15) is 0 Å². The van der Waals surface area contributed by atoms with Gasteiger partial charge in [0.25, 0.3) is 0 Å². The number of amides is 1. The highest BCUT2D eigenvalue weighted by Crippen LogP contribution is 2.27. The van der Waals surface area contributed by atoms with Crippen molar-refractivity contribution in [1.82, 2.24) is 4.31 Å². The number of carbonyl (C=O) groups excluding carboxylic acids is 1. The summed E-state index contributed by atoms with van der Waals surface area (Å²) in [5.41, 5.74) is 1.29. The standard InChI is InChI=1S/C21H30N4O5S2/c1-5-22-17-13-12-16(32(29,30)25(6-2)7-3)14-19(17)23-15-21(26)24-18-10-8-9-11-20(18)31(4,27)28/h8-14,22-23H,5-7,15H2,1-4H3,(H,24,26). The van der Waals surface area contributed by atoms with E-state index in [4.69, 9.17) is 0 Å². The SMILES string of the molecule is CCNc1ccc(S(=O)(=O)N(CC)CC)cc1NCC(=O)Nc1ccccc1S(C)(=O)=O. The van der Waals surface area contributed by atoms with Gasteiger partial charge in [0.05, 0.1) is 33.4 Å². The lowest BCUT2D eigenvalue weighted by molar-refractivity contribution is -0.114. The van der Waals surface area contributed by atoms with Gasteiger partial charge in [-0.25, -0.2) is 16.8 Å². The molecular weight excluding hydrogens is 452 g/mol. The number of rotatable bonds is 11. The third kappa shape index (κ3) is 6.21. The maximum Gasteiger partial charge on any atom is 0.243 e. The van der Waals surface area contributed by atoms with Gasteiger partial charge in [-0.05, 0) is 37.3 Å². The molecule has 0 aliphatic carbocycles. The van der Waals surface area contributed by atoms with Crippen molar-refractivity contribution in [2.45, 2.75) is 30.6 Å². The van der Waals surface area contributed by atoms with E-state index >= 15 is 0 Å². The van der Waals surface area contributed by atoms with Gasteiger partial charge >= 0.3 is 0 Å². The summed E-state index contributed by atoms with van der Waals surface area (Å²) >= 11 is 0. The summed E-state index contributed by atoms with van der Waals surface area (Å²) in [6, 6.07) is 10.8. The van der Waals surface area contributed by atoms with E-state index in [0.717, 1.165) is 6.26 Å². The Morgan fingerprint density at radius 1 is 0.875 bits per heavy atom. The molecule has 11 heteroatoms. The molecule has 0 spiro atoms. The zero-order valence-corrected chi connectivity index (χ0v) is 20.3. The Morgan fingerprint density at radius 2 is 1.53 bits per heavy atom. The molecule has 2 aromatic carbocycles. The van der Waals surface area contributed by atoms with Crippen molar-refractivity contribution in [3.63, 3.8) is 0 Å². The van der Waals surface area contributed by atoms with Gasteiger partial charge in [-0.3, -0.25) is 4.79 Å². The fourth-order valence-electron chi connectivity index (χ4n) is 3.15. The Morgan fingerprint density at radius 3 is 2.12 bits per heavy atom.